The molecule has 0 aliphatic carbocycles. The summed E-state index contributed by atoms with van der Waals surface area (Å²) in [4.78, 5) is 12.4. The molecule has 0 bridgehead atoms. The predicted octanol–water partition coefficient (Wildman–Crippen LogP) is 2.56. The third-order valence-electron chi connectivity index (χ3n) is 4.21. The maximum absolute atomic E-state index is 13.1. The molecule has 1 atom stereocenters. The van der Waals surface area contributed by atoms with Gasteiger partial charge in [-0.25, -0.2) is 12.8 Å². The summed E-state index contributed by atoms with van der Waals surface area (Å²) < 4.78 is 44.4. The fourth-order valence-corrected chi connectivity index (χ4v) is 4.22. The van der Waals surface area contributed by atoms with E-state index < -0.39 is 15.9 Å². The lowest BCUT2D eigenvalue weighted by Crippen LogP contribution is -2.41. The highest BCUT2D eigenvalue weighted by atomic mass is 32.2. The molecule has 0 radical (unpaired) electrons. The number of halogens is 1. The molecular formula is C18H24FN3O4S. The number of nitrogens with one attached hydrogen (secondary N) is 1. The summed E-state index contributed by atoms with van der Waals surface area (Å²) in [6.07, 6.45) is 0. The highest BCUT2D eigenvalue weighted by Gasteiger charge is 2.30. The second-order valence-electron chi connectivity index (χ2n) is 6.76. The molecule has 1 aromatic carbocycles. The van der Waals surface area contributed by atoms with Crippen LogP contribution in [0.5, 0.6) is 0 Å². The zero-order valence-corrected chi connectivity index (χ0v) is 16.8. The van der Waals surface area contributed by atoms with Crippen molar-refractivity contribution in [3.05, 3.63) is 47.1 Å². The third-order valence-corrected chi connectivity index (χ3v) is 6.26. The van der Waals surface area contributed by atoms with Gasteiger partial charge < -0.3 is 9.84 Å². The fourth-order valence-electron chi connectivity index (χ4n) is 2.81. The van der Waals surface area contributed by atoms with Gasteiger partial charge in [0.15, 0.2) is 5.76 Å². The molecule has 1 N–H and O–H groups in total. The summed E-state index contributed by atoms with van der Waals surface area (Å²) in [5.74, 6) is -0.622. The quantitative estimate of drug-likeness (QED) is 0.775. The highest BCUT2D eigenvalue weighted by molar-refractivity contribution is 7.89. The number of nitrogens with zero attached hydrogens (tertiary/aromatic N) is 2. The molecule has 0 saturated carbocycles. The Morgan fingerprint density at radius 3 is 2.33 bits per heavy atom. The first-order chi connectivity index (χ1) is 12.5. The van der Waals surface area contributed by atoms with Crippen molar-refractivity contribution in [3.8, 4) is 0 Å². The second kappa shape index (κ2) is 8.18. The van der Waals surface area contributed by atoms with E-state index in [0.717, 1.165) is 9.87 Å². The van der Waals surface area contributed by atoms with Crippen LogP contribution in [0.4, 0.5) is 4.39 Å². The number of sulfonamides is 1. The van der Waals surface area contributed by atoms with E-state index in [2.05, 4.69) is 10.5 Å². The maximum Gasteiger partial charge on any atom is 0.248 e. The van der Waals surface area contributed by atoms with Crippen molar-refractivity contribution in [2.24, 2.45) is 5.92 Å². The Bertz CT molecular complexity index is 888. The molecule has 1 unspecified atom stereocenters. The van der Waals surface area contributed by atoms with Crippen LogP contribution in [-0.2, 0) is 14.8 Å². The van der Waals surface area contributed by atoms with Gasteiger partial charge in [-0.05, 0) is 37.5 Å². The summed E-state index contributed by atoms with van der Waals surface area (Å²) in [5.41, 5.74) is 0.988. The van der Waals surface area contributed by atoms with Crippen molar-refractivity contribution < 1.29 is 22.1 Å². The largest absolute Gasteiger partial charge is 0.360 e. The Morgan fingerprint density at radius 2 is 1.85 bits per heavy atom. The van der Waals surface area contributed by atoms with E-state index in [9.17, 15) is 17.6 Å². The van der Waals surface area contributed by atoms with E-state index in [1.807, 2.05) is 13.8 Å². The van der Waals surface area contributed by atoms with Crippen LogP contribution >= 0.6 is 0 Å². The number of likely N-dealkylation sites (N-methyl/N-ethyl adjacent to an activating group) is 1. The zero-order valence-electron chi connectivity index (χ0n) is 16.0. The van der Waals surface area contributed by atoms with Crippen molar-refractivity contribution in [1.82, 2.24) is 14.8 Å². The Balaban J connectivity index is 2.14. The number of amides is 1. The minimum absolute atomic E-state index is 0.0308. The van der Waals surface area contributed by atoms with Gasteiger partial charge in [0.05, 0.1) is 12.6 Å². The van der Waals surface area contributed by atoms with Crippen molar-refractivity contribution in [1.29, 1.82) is 0 Å². The first kappa shape index (κ1) is 21.0. The summed E-state index contributed by atoms with van der Waals surface area (Å²) in [5, 5.41) is 6.47. The Morgan fingerprint density at radius 1 is 1.26 bits per heavy atom. The summed E-state index contributed by atoms with van der Waals surface area (Å²) in [6.45, 7) is 6.50. The van der Waals surface area contributed by atoms with Crippen LogP contribution in [0.3, 0.4) is 0 Å². The van der Waals surface area contributed by atoms with Crippen molar-refractivity contribution in [2.45, 2.75) is 38.6 Å². The third kappa shape index (κ3) is 4.72. The van der Waals surface area contributed by atoms with E-state index in [1.54, 1.807) is 12.1 Å². The minimum atomic E-state index is -3.91. The lowest BCUT2D eigenvalue weighted by molar-refractivity contribution is -0.122. The van der Waals surface area contributed by atoms with Crippen LogP contribution in [-0.4, -0.2) is 37.4 Å². The van der Waals surface area contributed by atoms with Gasteiger partial charge in [0, 0.05) is 7.05 Å². The smallest absolute Gasteiger partial charge is 0.248 e. The number of hydrogen-bond acceptors (Lipinski definition) is 5. The SMILES string of the molecule is Cc1noc(C)c1S(=O)(=O)N(C)CC(=O)NC(c1ccc(F)cc1)C(C)C. The molecule has 2 rings (SSSR count). The highest BCUT2D eigenvalue weighted by Crippen LogP contribution is 2.24. The normalized spacial score (nSPS) is 13.2. The lowest BCUT2D eigenvalue weighted by atomic mass is 9.96. The van der Waals surface area contributed by atoms with Crippen LogP contribution in [0.1, 0.15) is 36.9 Å². The fraction of sp³-hybridized carbons (Fsp3) is 0.444. The standard InChI is InChI=1S/C18H24FN3O4S/c1-11(2)17(14-6-8-15(19)9-7-14)20-16(23)10-22(5)27(24,25)18-12(3)21-26-13(18)4/h6-9,11,17H,10H2,1-5H3,(H,20,23). The van der Waals surface area contributed by atoms with Gasteiger partial charge >= 0.3 is 0 Å². The number of rotatable bonds is 7. The molecule has 148 valence electrons. The van der Waals surface area contributed by atoms with Crippen molar-refractivity contribution in [2.75, 3.05) is 13.6 Å². The molecule has 1 aromatic heterocycles. The molecule has 1 amide bonds. The van der Waals surface area contributed by atoms with Crippen LogP contribution in [0.15, 0.2) is 33.7 Å². The summed E-state index contributed by atoms with van der Waals surface area (Å²) >= 11 is 0. The maximum atomic E-state index is 13.1. The molecule has 2 aromatic rings. The number of carbonyl (C=O) groups is 1. The van der Waals surface area contributed by atoms with Crippen LogP contribution in [0.25, 0.3) is 0 Å². The predicted molar refractivity (Wildman–Crippen MR) is 97.9 cm³/mol. The van der Waals surface area contributed by atoms with E-state index in [4.69, 9.17) is 4.52 Å². The molecule has 7 nitrogen and oxygen atoms in total. The monoisotopic (exact) mass is 397 g/mol. The van der Waals surface area contributed by atoms with Crippen LogP contribution in [0, 0.1) is 25.6 Å². The second-order valence-corrected chi connectivity index (χ2v) is 8.74. The number of aryl methyl sites for hydroxylation is 2. The molecule has 0 aliphatic heterocycles. The molecule has 27 heavy (non-hydrogen) atoms. The Kier molecular flexibility index (Phi) is 6.38. The minimum Gasteiger partial charge on any atom is -0.360 e. The summed E-state index contributed by atoms with van der Waals surface area (Å²) in [6, 6.07) is 5.48. The molecule has 0 aliphatic rings. The van der Waals surface area contributed by atoms with E-state index >= 15 is 0 Å². The van der Waals surface area contributed by atoms with Gasteiger partial charge in [-0.1, -0.05) is 31.1 Å². The molecule has 1 heterocycles. The van der Waals surface area contributed by atoms with Crippen LogP contribution in [0.2, 0.25) is 0 Å². The van der Waals surface area contributed by atoms with Crippen molar-refractivity contribution >= 4 is 15.9 Å². The first-order valence-corrected chi connectivity index (χ1v) is 9.92. The number of aromatic nitrogens is 1. The lowest BCUT2D eigenvalue weighted by Gasteiger charge is -2.24. The number of benzene rings is 1. The van der Waals surface area contributed by atoms with Crippen molar-refractivity contribution in [3.63, 3.8) is 0 Å². The molecule has 0 saturated heterocycles. The first-order valence-electron chi connectivity index (χ1n) is 8.48. The van der Waals surface area contributed by atoms with Gasteiger partial charge in [-0.2, -0.15) is 4.31 Å². The Hall–Kier alpha value is -2.26. The van der Waals surface area contributed by atoms with Gasteiger partial charge in [-0.15, -0.1) is 0 Å². The molecular weight excluding hydrogens is 373 g/mol. The summed E-state index contributed by atoms with van der Waals surface area (Å²) in [7, 11) is -2.59. The Labute approximate surface area is 158 Å². The van der Waals surface area contributed by atoms with Gasteiger partial charge in [-0.3, -0.25) is 4.79 Å². The van der Waals surface area contributed by atoms with E-state index in [0.29, 0.717) is 0 Å². The zero-order chi connectivity index (χ0) is 20.4. The van der Waals surface area contributed by atoms with Gasteiger partial charge in [0.25, 0.3) is 0 Å². The van der Waals surface area contributed by atoms with Gasteiger partial charge in [0.2, 0.25) is 15.9 Å². The molecule has 0 spiro atoms. The van der Waals surface area contributed by atoms with E-state index in [1.165, 1.54) is 33.0 Å². The number of hydrogen-bond donors (Lipinski definition) is 1. The van der Waals surface area contributed by atoms with E-state index in [-0.39, 0.29) is 40.7 Å². The average Bonchev–Trinajstić information content (AvgIpc) is 2.92. The molecule has 9 heteroatoms. The van der Waals surface area contributed by atoms with Crippen LogP contribution < -0.4 is 5.32 Å². The molecule has 0 fully saturated rings. The topological polar surface area (TPSA) is 92.5 Å². The van der Waals surface area contributed by atoms with Gasteiger partial charge in [0.1, 0.15) is 16.4 Å². The number of carbonyl (C=O) groups excluding carboxylic acids is 1. The average molecular weight is 397 g/mol.